The van der Waals surface area contributed by atoms with E-state index in [-0.39, 0.29) is 5.95 Å². The summed E-state index contributed by atoms with van der Waals surface area (Å²) in [5.74, 6) is 1.86. The minimum atomic E-state index is -3.14. The standard InChI is InChI=1S/C21H27N9O3S2/c1-35(31,32)30-6-4-28(5-7-30)14-16-2-3-17(34-16)19-25-18(15-12-23-20(22)24-13-15)26-21(27-19)29-8-10-33-11-9-29/h2-3,12-13H,4-11,14H2,1H3,(H2,22,23,24). The maximum Gasteiger partial charge on any atom is 0.229 e. The number of ether oxygens (including phenoxy) is 1. The number of nitrogens with two attached hydrogens (primary N) is 1. The number of nitrogens with zero attached hydrogens (tertiary/aromatic N) is 8. The van der Waals surface area contributed by atoms with Crippen LogP contribution in [0.5, 0.6) is 0 Å². The number of anilines is 2. The second-order valence-electron chi connectivity index (χ2n) is 8.42. The normalized spacial score (nSPS) is 18.1. The predicted octanol–water partition coefficient (Wildman–Crippen LogP) is 0.553. The Morgan fingerprint density at radius 2 is 1.66 bits per heavy atom. The van der Waals surface area contributed by atoms with E-state index < -0.39 is 10.0 Å². The molecule has 2 fully saturated rings. The van der Waals surface area contributed by atoms with Gasteiger partial charge in [0.1, 0.15) is 0 Å². The minimum Gasteiger partial charge on any atom is -0.378 e. The third-order valence-electron chi connectivity index (χ3n) is 5.91. The lowest BCUT2D eigenvalue weighted by Gasteiger charge is -2.32. The molecule has 2 saturated heterocycles. The van der Waals surface area contributed by atoms with E-state index in [1.165, 1.54) is 15.4 Å². The second-order valence-corrected chi connectivity index (χ2v) is 11.6. The topological polar surface area (TPSA) is 144 Å². The van der Waals surface area contributed by atoms with Crippen molar-refractivity contribution in [1.82, 2.24) is 34.1 Å². The number of morpholine rings is 1. The summed E-state index contributed by atoms with van der Waals surface area (Å²) < 4.78 is 30.5. The SMILES string of the molecule is CS(=O)(=O)N1CCN(Cc2ccc(-c3nc(-c4cnc(N)nc4)nc(N4CCOCC4)n3)s2)CC1. The highest BCUT2D eigenvalue weighted by atomic mass is 32.2. The molecule has 14 heteroatoms. The molecule has 2 N–H and O–H groups in total. The van der Waals surface area contributed by atoms with Gasteiger partial charge in [-0.15, -0.1) is 11.3 Å². The van der Waals surface area contributed by atoms with Crippen molar-refractivity contribution < 1.29 is 13.2 Å². The van der Waals surface area contributed by atoms with Gasteiger partial charge >= 0.3 is 0 Å². The van der Waals surface area contributed by atoms with E-state index in [0.717, 1.165) is 11.4 Å². The highest BCUT2D eigenvalue weighted by molar-refractivity contribution is 7.88. The van der Waals surface area contributed by atoms with Gasteiger partial charge in [-0.25, -0.2) is 23.4 Å². The van der Waals surface area contributed by atoms with Crippen LogP contribution in [0.25, 0.3) is 22.1 Å². The van der Waals surface area contributed by atoms with Gasteiger partial charge in [0.25, 0.3) is 0 Å². The predicted molar refractivity (Wildman–Crippen MR) is 133 cm³/mol. The van der Waals surface area contributed by atoms with Crippen LogP contribution in [0, 0.1) is 0 Å². The molecule has 0 unspecified atom stereocenters. The molecule has 0 aliphatic carbocycles. The molecule has 2 aliphatic rings. The van der Waals surface area contributed by atoms with E-state index in [1.54, 1.807) is 23.7 Å². The molecule has 0 spiro atoms. The molecule has 0 bridgehead atoms. The zero-order valence-corrected chi connectivity index (χ0v) is 21.0. The van der Waals surface area contributed by atoms with Crippen LogP contribution in [0.1, 0.15) is 4.88 Å². The Hall–Kier alpha value is -2.78. The van der Waals surface area contributed by atoms with E-state index in [9.17, 15) is 8.42 Å². The molecule has 0 amide bonds. The van der Waals surface area contributed by atoms with Crippen LogP contribution in [0.3, 0.4) is 0 Å². The molecule has 0 aromatic carbocycles. The summed E-state index contributed by atoms with van der Waals surface area (Å²) in [6, 6.07) is 4.10. The molecule has 0 atom stereocenters. The van der Waals surface area contributed by atoms with Crippen LogP contribution in [0.15, 0.2) is 24.5 Å². The quantitative estimate of drug-likeness (QED) is 0.489. The Bertz CT molecular complexity index is 1270. The molecule has 3 aromatic heterocycles. The summed E-state index contributed by atoms with van der Waals surface area (Å²) in [6.45, 7) is 5.84. The number of thiophene rings is 1. The number of nitrogen functional groups attached to an aromatic ring is 1. The van der Waals surface area contributed by atoms with Crippen LogP contribution in [0.4, 0.5) is 11.9 Å². The van der Waals surface area contributed by atoms with Gasteiger partial charge in [0.2, 0.25) is 21.9 Å². The molecular weight excluding hydrogens is 490 g/mol. The molecule has 5 rings (SSSR count). The van der Waals surface area contributed by atoms with E-state index in [0.29, 0.717) is 75.6 Å². The van der Waals surface area contributed by atoms with Crippen LogP contribution >= 0.6 is 11.3 Å². The summed E-state index contributed by atoms with van der Waals surface area (Å²) in [7, 11) is -3.14. The number of sulfonamides is 1. The lowest BCUT2D eigenvalue weighted by molar-refractivity contribution is 0.122. The van der Waals surface area contributed by atoms with Crippen LogP contribution < -0.4 is 10.6 Å². The lowest BCUT2D eigenvalue weighted by Crippen LogP contribution is -2.47. The van der Waals surface area contributed by atoms with Crippen molar-refractivity contribution in [2.45, 2.75) is 6.54 Å². The summed E-state index contributed by atoms with van der Waals surface area (Å²) >= 11 is 1.63. The first-order valence-electron chi connectivity index (χ1n) is 11.3. The third-order valence-corrected chi connectivity index (χ3v) is 8.28. The summed E-state index contributed by atoms with van der Waals surface area (Å²) in [5.41, 5.74) is 6.31. The number of hydrogen-bond acceptors (Lipinski definition) is 12. The van der Waals surface area contributed by atoms with E-state index in [1.807, 2.05) is 6.07 Å². The number of piperazine rings is 1. The smallest absolute Gasteiger partial charge is 0.229 e. The fourth-order valence-electron chi connectivity index (χ4n) is 3.99. The maximum absolute atomic E-state index is 11.8. The first-order chi connectivity index (χ1) is 16.8. The van der Waals surface area contributed by atoms with Gasteiger partial charge in [-0.1, -0.05) is 0 Å². The number of hydrogen-bond donors (Lipinski definition) is 1. The Balaban J connectivity index is 1.38. The van der Waals surface area contributed by atoms with Gasteiger partial charge in [-0.05, 0) is 12.1 Å². The molecule has 2 aliphatic heterocycles. The third kappa shape index (κ3) is 5.73. The minimum absolute atomic E-state index is 0.191. The van der Waals surface area contributed by atoms with Crippen molar-refractivity contribution in [2.24, 2.45) is 0 Å². The highest BCUT2D eigenvalue weighted by Crippen LogP contribution is 2.29. The van der Waals surface area contributed by atoms with Crippen molar-refractivity contribution >= 4 is 33.3 Å². The summed E-state index contributed by atoms with van der Waals surface area (Å²) in [4.78, 5) is 28.8. The zero-order valence-electron chi connectivity index (χ0n) is 19.4. The van der Waals surface area contributed by atoms with Crippen molar-refractivity contribution in [3.05, 3.63) is 29.4 Å². The zero-order chi connectivity index (χ0) is 24.4. The van der Waals surface area contributed by atoms with Gasteiger partial charge in [-0.2, -0.15) is 14.3 Å². The van der Waals surface area contributed by atoms with Crippen molar-refractivity contribution in [1.29, 1.82) is 0 Å². The van der Waals surface area contributed by atoms with E-state index in [2.05, 4.69) is 30.8 Å². The average molecular weight is 518 g/mol. The van der Waals surface area contributed by atoms with Gasteiger partial charge < -0.3 is 15.4 Å². The molecule has 0 saturated carbocycles. The summed E-state index contributed by atoms with van der Waals surface area (Å²) in [5, 5.41) is 0. The van der Waals surface area contributed by atoms with E-state index in [4.69, 9.17) is 20.4 Å². The molecule has 0 radical (unpaired) electrons. The first-order valence-corrected chi connectivity index (χ1v) is 13.9. The van der Waals surface area contributed by atoms with E-state index >= 15 is 0 Å². The Labute approximate surface area is 207 Å². The highest BCUT2D eigenvalue weighted by Gasteiger charge is 2.24. The fraction of sp³-hybridized carbons (Fsp3) is 0.476. The molecule has 35 heavy (non-hydrogen) atoms. The monoisotopic (exact) mass is 517 g/mol. The van der Waals surface area contributed by atoms with Crippen molar-refractivity contribution in [2.75, 3.05) is 69.4 Å². The van der Waals surface area contributed by atoms with Crippen LogP contribution in [-0.4, -0.2) is 101 Å². The Morgan fingerprint density at radius 3 is 2.34 bits per heavy atom. The largest absolute Gasteiger partial charge is 0.378 e. The van der Waals surface area contributed by atoms with Crippen molar-refractivity contribution in [3.63, 3.8) is 0 Å². The lowest BCUT2D eigenvalue weighted by atomic mass is 10.3. The number of aromatic nitrogens is 5. The number of rotatable bonds is 6. The summed E-state index contributed by atoms with van der Waals surface area (Å²) in [6.07, 6.45) is 4.49. The van der Waals surface area contributed by atoms with Crippen LogP contribution in [0.2, 0.25) is 0 Å². The first kappa shape index (κ1) is 23.9. The Kier molecular flexibility index (Phi) is 6.88. The molecule has 5 heterocycles. The van der Waals surface area contributed by atoms with Gasteiger partial charge in [0.15, 0.2) is 11.6 Å². The Morgan fingerprint density at radius 1 is 0.971 bits per heavy atom. The molecular formula is C21H27N9O3S2. The van der Waals surface area contributed by atoms with Gasteiger partial charge in [0, 0.05) is 63.1 Å². The molecule has 12 nitrogen and oxygen atoms in total. The van der Waals surface area contributed by atoms with Crippen LogP contribution in [-0.2, 0) is 21.3 Å². The second kappa shape index (κ2) is 10.1. The van der Waals surface area contributed by atoms with Gasteiger partial charge in [-0.3, -0.25) is 4.90 Å². The van der Waals surface area contributed by atoms with Crippen molar-refractivity contribution in [3.8, 4) is 22.1 Å². The van der Waals surface area contributed by atoms with Gasteiger partial charge in [0.05, 0.1) is 29.9 Å². The maximum atomic E-state index is 11.8. The molecule has 186 valence electrons. The fourth-order valence-corrected chi connectivity index (χ4v) is 5.80. The molecule has 3 aromatic rings. The average Bonchev–Trinajstić information content (AvgIpc) is 3.33.